The van der Waals surface area contributed by atoms with Gasteiger partial charge < -0.3 is 21.3 Å². The highest BCUT2D eigenvalue weighted by Crippen LogP contribution is 2.30. The van der Waals surface area contributed by atoms with Crippen LogP contribution in [-0.4, -0.2) is 62.6 Å². The number of nitrogens with zero attached hydrogens (tertiary/aromatic N) is 2. The van der Waals surface area contributed by atoms with Crippen LogP contribution in [0.15, 0.2) is 18.2 Å². The molecular weight excluding hydrogens is 418 g/mol. The van der Waals surface area contributed by atoms with Crippen molar-refractivity contribution < 1.29 is 18.0 Å². The number of carbonyl (C=O) groups excluding carboxylic acids is 2. The number of benzene rings is 1. The maximum atomic E-state index is 12.7. The van der Waals surface area contributed by atoms with Gasteiger partial charge in [-0.3, -0.25) is 4.79 Å². The van der Waals surface area contributed by atoms with Gasteiger partial charge in [0.1, 0.15) is 0 Å². The van der Waals surface area contributed by atoms with E-state index in [4.69, 9.17) is 5.73 Å². The first-order valence-electron chi connectivity index (χ1n) is 11.0. The Hall–Kier alpha value is -2.33. The molecule has 10 heteroatoms. The molecule has 0 unspecified atom stereocenters. The van der Waals surface area contributed by atoms with Crippen molar-refractivity contribution in [1.29, 1.82) is 0 Å². The highest BCUT2D eigenvalue weighted by molar-refractivity contribution is 7.89. The summed E-state index contributed by atoms with van der Waals surface area (Å²) < 4.78 is 25.9. The van der Waals surface area contributed by atoms with Gasteiger partial charge in [0.2, 0.25) is 15.9 Å². The second-order valence-electron chi connectivity index (χ2n) is 8.23. The summed E-state index contributed by atoms with van der Waals surface area (Å²) in [6.45, 7) is 4.46. The highest BCUT2D eigenvalue weighted by atomic mass is 32.2. The monoisotopic (exact) mass is 451 g/mol. The van der Waals surface area contributed by atoms with Gasteiger partial charge in [0.25, 0.3) is 0 Å². The number of nitrogens with two attached hydrogens (primary N) is 1. The zero-order valence-corrected chi connectivity index (χ0v) is 18.9. The molecule has 0 saturated carbocycles. The van der Waals surface area contributed by atoms with Crippen molar-refractivity contribution in [3.8, 4) is 0 Å². The average molecular weight is 452 g/mol. The molecule has 1 aromatic rings. The largest absolute Gasteiger partial charge is 0.370 e. The first-order valence-corrected chi connectivity index (χ1v) is 12.6. The lowest BCUT2D eigenvalue weighted by Gasteiger charge is -2.32. The number of hydrogen-bond acceptors (Lipinski definition) is 5. The van der Waals surface area contributed by atoms with Gasteiger partial charge in [0.05, 0.1) is 17.1 Å². The summed E-state index contributed by atoms with van der Waals surface area (Å²) in [4.78, 5) is 26.5. The van der Waals surface area contributed by atoms with Crippen LogP contribution in [0.2, 0.25) is 0 Å². The standard InChI is InChI=1S/C21H33N5O4S/c1-2-14-31(29,30)26-12-8-17(9-13-26)23-21(28)24-18-15-16(20(22)27)6-7-19(18)25-10-4-3-5-11-25/h6-7,15,17H,2-5,8-14H2,1H3,(H2,22,27)(H2,23,24,28). The first-order chi connectivity index (χ1) is 14.8. The summed E-state index contributed by atoms with van der Waals surface area (Å²) in [6, 6.07) is 4.66. The minimum Gasteiger partial charge on any atom is -0.370 e. The molecule has 2 aliphatic heterocycles. The molecule has 0 aliphatic carbocycles. The van der Waals surface area contributed by atoms with Gasteiger partial charge in [-0.1, -0.05) is 6.92 Å². The van der Waals surface area contributed by atoms with Gasteiger partial charge >= 0.3 is 6.03 Å². The maximum Gasteiger partial charge on any atom is 0.319 e. The number of hydrogen-bond donors (Lipinski definition) is 3. The molecule has 2 aliphatic rings. The molecule has 2 fully saturated rings. The molecule has 0 radical (unpaired) electrons. The molecule has 2 saturated heterocycles. The van der Waals surface area contributed by atoms with Crippen LogP contribution in [0.5, 0.6) is 0 Å². The van der Waals surface area contributed by atoms with Crippen LogP contribution in [0.3, 0.4) is 0 Å². The lowest BCUT2D eigenvalue weighted by atomic mass is 10.1. The Morgan fingerprint density at radius 3 is 2.39 bits per heavy atom. The summed E-state index contributed by atoms with van der Waals surface area (Å²) in [6.07, 6.45) is 5.08. The third-order valence-corrected chi connectivity index (χ3v) is 7.95. The van der Waals surface area contributed by atoms with Crippen LogP contribution in [0, 0.1) is 0 Å². The predicted molar refractivity (Wildman–Crippen MR) is 122 cm³/mol. The Kier molecular flexibility index (Phi) is 7.77. The fourth-order valence-corrected chi connectivity index (χ4v) is 5.75. The molecule has 3 rings (SSSR count). The topological polar surface area (TPSA) is 125 Å². The van der Waals surface area contributed by atoms with Crippen LogP contribution in [0.25, 0.3) is 0 Å². The fourth-order valence-electron chi connectivity index (χ4n) is 4.21. The van der Waals surface area contributed by atoms with Crippen molar-refractivity contribution >= 4 is 33.3 Å². The Bertz CT molecular complexity index is 891. The molecule has 2 heterocycles. The summed E-state index contributed by atoms with van der Waals surface area (Å²) >= 11 is 0. The van der Waals surface area contributed by atoms with E-state index >= 15 is 0 Å². The number of urea groups is 1. The fraction of sp³-hybridized carbons (Fsp3) is 0.619. The number of rotatable bonds is 7. The average Bonchev–Trinajstić information content (AvgIpc) is 2.74. The van der Waals surface area contributed by atoms with E-state index in [0.29, 0.717) is 43.6 Å². The van der Waals surface area contributed by atoms with Crippen LogP contribution in [0.4, 0.5) is 16.2 Å². The second-order valence-corrected chi connectivity index (χ2v) is 10.3. The summed E-state index contributed by atoms with van der Waals surface area (Å²) in [5.74, 6) is -0.393. The number of amides is 3. The third kappa shape index (κ3) is 6.10. The van der Waals surface area contributed by atoms with Gasteiger partial charge in [-0.25, -0.2) is 17.5 Å². The van der Waals surface area contributed by atoms with E-state index in [1.165, 1.54) is 10.7 Å². The molecule has 0 atom stereocenters. The van der Waals surface area contributed by atoms with E-state index in [-0.39, 0.29) is 17.8 Å². The Morgan fingerprint density at radius 2 is 1.77 bits per heavy atom. The van der Waals surface area contributed by atoms with Gasteiger partial charge in [-0.2, -0.15) is 0 Å². The maximum absolute atomic E-state index is 12.7. The number of anilines is 2. The minimum atomic E-state index is -3.21. The molecular formula is C21H33N5O4S. The van der Waals surface area contributed by atoms with Crippen LogP contribution >= 0.6 is 0 Å². The predicted octanol–water partition coefficient (Wildman–Crippen LogP) is 2.10. The molecule has 31 heavy (non-hydrogen) atoms. The quantitative estimate of drug-likeness (QED) is 0.585. The SMILES string of the molecule is CCCS(=O)(=O)N1CCC(NC(=O)Nc2cc(C(N)=O)ccc2N2CCCCC2)CC1. The number of primary amides is 1. The van der Waals surface area contributed by atoms with E-state index in [1.54, 1.807) is 12.1 Å². The zero-order valence-electron chi connectivity index (χ0n) is 18.1. The van der Waals surface area contributed by atoms with E-state index in [2.05, 4.69) is 15.5 Å². The van der Waals surface area contributed by atoms with Crippen LogP contribution in [-0.2, 0) is 10.0 Å². The van der Waals surface area contributed by atoms with Crippen molar-refractivity contribution in [1.82, 2.24) is 9.62 Å². The normalized spacial score (nSPS) is 18.5. The lowest BCUT2D eigenvalue weighted by molar-refractivity contribution is 0.1000. The molecule has 4 N–H and O–H groups in total. The molecule has 0 spiro atoms. The van der Waals surface area contributed by atoms with E-state index in [9.17, 15) is 18.0 Å². The molecule has 0 bridgehead atoms. The van der Waals surface area contributed by atoms with Crippen molar-refractivity contribution in [2.24, 2.45) is 5.73 Å². The third-order valence-electron chi connectivity index (χ3n) is 5.87. The molecule has 1 aromatic carbocycles. The minimum absolute atomic E-state index is 0.106. The van der Waals surface area contributed by atoms with Crippen LogP contribution < -0.4 is 21.3 Å². The highest BCUT2D eigenvalue weighted by Gasteiger charge is 2.28. The number of carbonyl (C=O) groups is 2. The van der Waals surface area contributed by atoms with Gasteiger partial charge in [0, 0.05) is 37.8 Å². The van der Waals surface area contributed by atoms with E-state index in [0.717, 1.165) is 31.6 Å². The Morgan fingerprint density at radius 1 is 1.10 bits per heavy atom. The smallest absolute Gasteiger partial charge is 0.319 e. The van der Waals surface area contributed by atoms with Crippen molar-refractivity contribution in [2.45, 2.75) is 51.5 Å². The van der Waals surface area contributed by atoms with Crippen molar-refractivity contribution in [2.75, 3.05) is 42.1 Å². The van der Waals surface area contributed by atoms with E-state index < -0.39 is 15.9 Å². The molecule has 9 nitrogen and oxygen atoms in total. The zero-order chi connectivity index (χ0) is 22.4. The molecule has 172 valence electrons. The summed E-state index contributed by atoms with van der Waals surface area (Å²) in [7, 11) is -3.21. The van der Waals surface area contributed by atoms with Crippen molar-refractivity contribution in [3.63, 3.8) is 0 Å². The van der Waals surface area contributed by atoms with Gasteiger partial charge in [0.15, 0.2) is 0 Å². The summed E-state index contributed by atoms with van der Waals surface area (Å²) in [5.41, 5.74) is 7.19. The Balaban J connectivity index is 1.63. The molecule has 3 amide bonds. The van der Waals surface area contributed by atoms with Gasteiger partial charge in [-0.15, -0.1) is 0 Å². The molecule has 0 aromatic heterocycles. The first kappa shape index (κ1) is 23.3. The number of sulfonamides is 1. The number of piperidine rings is 2. The van der Waals surface area contributed by atoms with Crippen molar-refractivity contribution in [3.05, 3.63) is 23.8 Å². The number of nitrogens with one attached hydrogen (secondary N) is 2. The second kappa shape index (κ2) is 10.3. The van der Waals surface area contributed by atoms with Crippen LogP contribution in [0.1, 0.15) is 55.8 Å². The van der Waals surface area contributed by atoms with E-state index in [1.807, 2.05) is 13.0 Å². The Labute approximate surface area is 184 Å². The lowest BCUT2D eigenvalue weighted by Crippen LogP contribution is -2.48. The summed E-state index contributed by atoms with van der Waals surface area (Å²) in [5, 5.41) is 5.82. The van der Waals surface area contributed by atoms with Gasteiger partial charge in [-0.05, 0) is 56.7 Å².